The summed E-state index contributed by atoms with van der Waals surface area (Å²) in [6, 6.07) is 6.68. The smallest absolute Gasteiger partial charge is 0.251 e. The molecule has 1 heterocycles. The highest BCUT2D eigenvalue weighted by atomic mass is 16.5. The van der Waals surface area contributed by atoms with Crippen LogP contribution < -0.4 is 5.32 Å². The van der Waals surface area contributed by atoms with Crippen molar-refractivity contribution in [2.75, 3.05) is 0 Å². The lowest BCUT2D eigenvalue weighted by Gasteiger charge is -2.27. The maximum atomic E-state index is 12.3. The topological polar surface area (TPSA) is 55.4 Å². The number of carbonyl (C=O) groups excluding carboxylic acids is 2. The molecule has 0 radical (unpaired) electrons. The van der Waals surface area contributed by atoms with Gasteiger partial charge in [-0.05, 0) is 53.2 Å². The van der Waals surface area contributed by atoms with E-state index in [1.807, 2.05) is 27.7 Å². The van der Waals surface area contributed by atoms with Crippen molar-refractivity contribution in [2.24, 2.45) is 0 Å². The van der Waals surface area contributed by atoms with Crippen LogP contribution in [0.15, 0.2) is 24.3 Å². The van der Waals surface area contributed by atoms with Crippen molar-refractivity contribution in [2.45, 2.75) is 58.3 Å². The zero-order valence-corrected chi connectivity index (χ0v) is 13.3. The quantitative estimate of drug-likeness (QED) is 0.870. The number of carbonyl (C=O) groups is 2. The molecule has 1 aliphatic heterocycles. The molecule has 1 aromatic rings. The van der Waals surface area contributed by atoms with Crippen molar-refractivity contribution in [1.29, 1.82) is 0 Å². The average molecular weight is 289 g/mol. The fourth-order valence-corrected chi connectivity index (χ4v) is 2.88. The van der Waals surface area contributed by atoms with Gasteiger partial charge in [0.25, 0.3) is 5.91 Å². The Morgan fingerprint density at radius 3 is 2.05 bits per heavy atom. The van der Waals surface area contributed by atoms with Crippen molar-refractivity contribution >= 4 is 11.7 Å². The lowest BCUT2D eigenvalue weighted by atomic mass is 9.94. The monoisotopic (exact) mass is 289 g/mol. The van der Waals surface area contributed by atoms with Gasteiger partial charge in [0.15, 0.2) is 5.78 Å². The SMILES string of the molecule is CC(=O)c1ccc(C(=O)NC2CC(C)(C)OC2(C)C)cc1. The third-order valence-electron chi connectivity index (χ3n) is 3.93. The number of nitrogens with one attached hydrogen (secondary N) is 1. The van der Waals surface area contributed by atoms with Gasteiger partial charge in [0, 0.05) is 11.1 Å². The summed E-state index contributed by atoms with van der Waals surface area (Å²) in [5.74, 6) is -0.140. The van der Waals surface area contributed by atoms with Gasteiger partial charge >= 0.3 is 0 Å². The van der Waals surface area contributed by atoms with Crippen LogP contribution in [-0.4, -0.2) is 28.9 Å². The lowest BCUT2D eigenvalue weighted by Crippen LogP contribution is -2.46. The van der Waals surface area contributed by atoms with Crippen LogP contribution in [0, 0.1) is 0 Å². The summed E-state index contributed by atoms with van der Waals surface area (Å²) in [5, 5.41) is 3.04. The van der Waals surface area contributed by atoms with E-state index in [1.165, 1.54) is 6.92 Å². The first-order valence-corrected chi connectivity index (χ1v) is 7.23. The number of hydrogen-bond acceptors (Lipinski definition) is 3. The Labute approximate surface area is 125 Å². The standard InChI is InChI=1S/C17H23NO3/c1-11(19)12-6-8-13(9-7-12)15(20)18-14-10-16(2,3)21-17(14,4)5/h6-9,14H,10H2,1-5H3,(H,18,20). The van der Waals surface area contributed by atoms with E-state index < -0.39 is 5.60 Å². The zero-order valence-electron chi connectivity index (χ0n) is 13.3. The molecular weight excluding hydrogens is 266 g/mol. The molecule has 0 spiro atoms. The van der Waals surface area contributed by atoms with Gasteiger partial charge in [-0.15, -0.1) is 0 Å². The number of ether oxygens (including phenoxy) is 1. The maximum Gasteiger partial charge on any atom is 0.251 e. The van der Waals surface area contributed by atoms with E-state index >= 15 is 0 Å². The minimum Gasteiger partial charge on any atom is -0.367 e. The van der Waals surface area contributed by atoms with E-state index in [0.717, 1.165) is 6.42 Å². The first-order chi connectivity index (χ1) is 9.61. The van der Waals surface area contributed by atoms with Crippen LogP contribution in [0.1, 0.15) is 61.8 Å². The molecule has 0 aliphatic carbocycles. The number of amides is 1. The van der Waals surface area contributed by atoms with Gasteiger partial charge in [-0.2, -0.15) is 0 Å². The van der Waals surface area contributed by atoms with E-state index in [-0.39, 0.29) is 23.3 Å². The van der Waals surface area contributed by atoms with Crippen molar-refractivity contribution in [3.05, 3.63) is 35.4 Å². The fourth-order valence-electron chi connectivity index (χ4n) is 2.88. The largest absolute Gasteiger partial charge is 0.367 e. The van der Waals surface area contributed by atoms with Gasteiger partial charge in [0.05, 0.1) is 17.2 Å². The molecule has 0 bridgehead atoms. The molecule has 2 rings (SSSR count). The van der Waals surface area contributed by atoms with Crippen molar-refractivity contribution in [3.63, 3.8) is 0 Å². The van der Waals surface area contributed by atoms with Gasteiger partial charge in [0.1, 0.15) is 0 Å². The highest BCUT2D eigenvalue weighted by Gasteiger charge is 2.46. The summed E-state index contributed by atoms with van der Waals surface area (Å²) < 4.78 is 5.98. The fraction of sp³-hybridized carbons (Fsp3) is 0.529. The lowest BCUT2D eigenvalue weighted by molar-refractivity contribution is -0.0693. The van der Waals surface area contributed by atoms with Crippen molar-refractivity contribution < 1.29 is 14.3 Å². The molecule has 1 atom stereocenters. The van der Waals surface area contributed by atoms with E-state index in [4.69, 9.17) is 4.74 Å². The summed E-state index contributed by atoms with van der Waals surface area (Å²) in [6.07, 6.45) is 0.775. The van der Waals surface area contributed by atoms with Crippen LogP contribution >= 0.6 is 0 Å². The van der Waals surface area contributed by atoms with E-state index in [1.54, 1.807) is 24.3 Å². The number of ketones is 1. The summed E-state index contributed by atoms with van der Waals surface area (Å²) in [6.45, 7) is 9.55. The molecule has 21 heavy (non-hydrogen) atoms. The Morgan fingerprint density at radius 2 is 1.62 bits per heavy atom. The predicted molar refractivity (Wildman–Crippen MR) is 81.6 cm³/mol. The third-order valence-corrected chi connectivity index (χ3v) is 3.93. The molecule has 0 aromatic heterocycles. The van der Waals surface area contributed by atoms with Crippen LogP contribution in [0.3, 0.4) is 0 Å². The van der Waals surface area contributed by atoms with E-state index in [0.29, 0.717) is 11.1 Å². The number of benzene rings is 1. The number of Topliss-reactive ketones (excluding diaryl/α,β-unsaturated/α-hetero) is 1. The molecular formula is C17H23NO3. The van der Waals surface area contributed by atoms with E-state index in [2.05, 4.69) is 5.32 Å². The van der Waals surface area contributed by atoms with Gasteiger partial charge in [0.2, 0.25) is 0 Å². The molecule has 0 saturated carbocycles. The van der Waals surface area contributed by atoms with Crippen molar-refractivity contribution in [1.82, 2.24) is 5.32 Å². The molecule has 1 saturated heterocycles. The minimum atomic E-state index is -0.390. The summed E-state index contributed by atoms with van der Waals surface area (Å²) >= 11 is 0. The summed E-state index contributed by atoms with van der Waals surface area (Å²) in [7, 11) is 0. The van der Waals surface area contributed by atoms with Crippen LogP contribution in [0.2, 0.25) is 0 Å². The highest BCUT2D eigenvalue weighted by Crippen LogP contribution is 2.37. The predicted octanol–water partition coefficient (Wildman–Crippen LogP) is 2.97. The Kier molecular flexibility index (Phi) is 3.93. The second kappa shape index (κ2) is 5.26. The molecule has 1 aliphatic rings. The van der Waals surface area contributed by atoms with Crippen LogP contribution in [0.5, 0.6) is 0 Å². The van der Waals surface area contributed by atoms with Crippen molar-refractivity contribution in [3.8, 4) is 0 Å². The molecule has 1 fully saturated rings. The summed E-state index contributed by atoms with van der Waals surface area (Å²) in [4.78, 5) is 23.6. The average Bonchev–Trinajstić information content (AvgIpc) is 2.57. The van der Waals surface area contributed by atoms with Gasteiger partial charge in [-0.25, -0.2) is 0 Å². The van der Waals surface area contributed by atoms with Gasteiger partial charge in [-0.3, -0.25) is 9.59 Å². The van der Waals surface area contributed by atoms with Crippen LogP contribution in [-0.2, 0) is 4.74 Å². The molecule has 114 valence electrons. The molecule has 1 unspecified atom stereocenters. The molecule has 1 N–H and O–H groups in total. The Bertz CT molecular complexity index is 558. The number of hydrogen-bond donors (Lipinski definition) is 1. The maximum absolute atomic E-state index is 12.3. The van der Waals surface area contributed by atoms with Gasteiger partial charge < -0.3 is 10.1 Å². The second-order valence-corrected chi connectivity index (χ2v) is 6.83. The Balaban J connectivity index is 2.09. The number of rotatable bonds is 3. The van der Waals surface area contributed by atoms with Gasteiger partial charge in [-0.1, -0.05) is 12.1 Å². The summed E-state index contributed by atoms with van der Waals surface area (Å²) in [5.41, 5.74) is 0.538. The minimum absolute atomic E-state index is 0.00552. The normalized spacial score (nSPS) is 22.8. The molecule has 4 heteroatoms. The molecule has 4 nitrogen and oxygen atoms in total. The van der Waals surface area contributed by atoms with Crippen LogP contribution in [0.4, 0.5) is 0 Å². The van der Waals surface area contributed by atoms with Crippen LogP contribution in [0.25, 0.3) is 0 Å². The Morgan fingerprint density at radius 1 is 1.10 bits per heavy atom. The first-order valence-electron chi connectivity index (χ1n) is 7.23. The zero-order chi connectivity index (χ0) is 15.8. The molecule has 1 amide bonds. The Hall–Kier alpha value is -1.68. The first kappa shape index (κ1) is 15.7. The molecule has 1 aromatic carbocycles. The third kappa shape index (κ3) is 3.50. The highest BCUT2D eigenvalue weighted by molar-refractivity contribution is 5.97. The second-order valence-electron chi connectivity index (χ2n) is 6.83. The van der Waals surface area contributed by atoms with E-state index in [9.17, 15) is 9.59 Å².